The second kappa shape index (κ2) is 8.03. The molecule has 5 nitrogen and oxygen atoms in total. The molecule has 5 heteroatoms. The molecule has 22 heavy (non-hydrogen) atoms. The lowest BCUT2D eigenvalue weighted by Gasteiger charge is -2.31. The average Bonchev–Trinajstić information content (AvgIpc) is 2.46. The molecule has 0 bridgehead atoms. The van der Waals surface area contributed by atoms with Crippen molar-refractivity contribution < 1.29 is 14.3 Å². The third-order valence-corrected chi connectivity index (χ3v) is 3.62. The maximum atomic E-state index is 12.4. The first-order chi connectivity index (χ1) is 10.3. The molecule has 0 aliphatic heterocycles. The fourth-order valence-electron chi connectivity index (χ4n) is 2.73. The largest absolute Gasteiger partial charge is 0.496 e. The predicted molar refractivity (Wildman–Crippen MR) is 88.3 cm³/mol. The first-order valence-corrected chi connectivity index (χ1v) is 7.56. The van der Waals surface area contributed by atoms with Gasteiger partial charge >= 0.3 is 0 Å². The Bertz CT molecular complexity index is 480. The van der Waals surface area contributed by atoms with Crippen LogP contribution in [0.4, 0.5) is 0 Å². The first kappa shape index (κ1) is 18.3. The quantitative estimate of drug-likeness (QED) is 0.771. The number of benzene rings is 1. The molecule has 0 heterocycles. The Kier molecular flexibility index (Phi) is 6.68. The third kappa shape index (κ3) is 4.91. The minimum absolute atomic E-state index is 0.0867. The number of hydrogen-bond acceptors (Lipinski definition) is 4. The van der Waals surface area contributed by atoms with Crippen LogP contribution in [-0.4, -0.2) is 32.2 Å². The zero-order valence-electron chi connectivity index (χ0n) is 14.2. The van der Waals surface area contributed by atoms with Gasteiger partial charge in [0, 0.05) is 17.6 Å². The number of hydrogen-bond donors (Lipinski definition) is 2. The summed E-state index contributed by atoms with van der Waals surface area (Å²) in [5.74, 6) is 1.66. The van der Waals surface area contributed by atoms with Crippen molar-refractivity contribution in [3.63, 3.8) is 0 Å². The van der Waals surface area contributed by atoms with Crippen molar-refractivity contribution in [2.75, 3.05) is 20.8 Å². The fraction of sp³-hybridized carbons (Fsp3) is 0.588. The van der Waals surface area contributed by atoms with Crippen LogP contribution in [0.5, 0.6) is 11.5 Å². The minimum Gasteiger partial charge on any atom is -0.496 e. The number of carbonyl (C=O) groups is 1. The summed E-state index contributed by atoms with van der Waals surface area (Å²) in [4.78, 5) is 12.4. The number of ether oxygens (including phenoxy) is 2. The molecule has 0 aliphatic rings. The molecule has 0 saturated carbocycles. The van der Waals surface area contributed by atoms with Crippen LogP contribution in [0.3, 0.4) is 0 Å². The van der Waals surface area contributed by atoms with E-state index in [1.165, 1.54) is 0 Å². The van der Waals surface area contributed by atoms with Gasteiger partial charge in [-0.25, -0.2) is 0 Å². The van der Waals surface area contributed by atoms with Gasteiger partial charge in [0.25, 0.3) is 0 Å². The molecule has 0 saturated heterocycles. The van der Waals surface area contributed by atoms with E-state index in [-0.39, 0.29) is 12.3 Å². The van der Waals surface area contributed by atoms with E-state index in [2.05, 4.69) is 19.2 Å². The van der Waals surface area contributed by atoms with Gasteiger partial charge in [0.1, 0.15) is 11.5 Å². The third-order valence-electron chi connectivity index (χ3n) is 3.62. The molecule has 0 aromatic heterocycles. The number of nitrogens with one attached hydrogen (secondary N) is 1. The molecule has 0 fully saturated rings. The van der Waals surface area contributed by atoms with E-state index in [0.717, 1.165) is 12.0 Å². The lowest BCUT2D eigenvalue weighted by atomic mass is 9.90. The van der Waals surface area contributed by atoms with Gasteiger partial charge in [0.05, 0.1) is 20.6 Å². The highest BCUT2D eigenvalue weighted by Crippen LogP contribution is 2.29. The molecule has 1 rings (SSSR count). The maximum absolute atomic E-state index is 12.4. The van der Waals surface area contributed by atoms with Gasteiger partial charge in [-0.1, -0.05) is 19.9 Å². The lowest BCUT2D eigenvalue weighted by molar-refractivity contribution is -0.122. The van der Waals surface area contributed by atoms with E-state index < -0.39 is 5.54 Å². The fourth-order valence-corrected chi connectivity index (χ4v) is 2.73. The average molecular weight is 308 g/mol. The highest BCUT2D eigenvalue weighted by molar-refractivity contribution is 5.81. The molecule has 1 aromatic rings. The summed E-state index contributed by atoms with van der Waals surface area (Å²) < 4.78 is 10.7. The number of methoxy groups -OCH3 is 2. The molecule has 0 spiro atoms. The van der Waals surface area contributed by atoms with Crippen LogP contribution in [0.1, 0.15) is 32.8 Å². The van der Waals surface area contributed by atoms with Gasteiger partial charge in [-0.3, -0.25) is 4.79 Å². The zero-order valence-corrected chi connectivity index (χ0v) is 14.2. The zero-order chi connectivity index (χ0) is 16.8. The van der Waals surface area contributed by atoms with Gasteiger partial charge in [-0.2, -0.15) is 0 Å². The molecular weight excluding hydrogens is 280 g/mol. The molecule has 1 unspecified atom stereocenters. The van der Waals surface area contributed by atoms with E-state index in [1.807, 2.05) is 25.1 Å². The van der Waals surface area contributed by atoms with Crippen molar-refractivity contribution in [2.45, 2.75) is 39.2 Å². The summed E-state index contributed by atoms with van der Waals surface area (Å²) in [7, 11) is 3.16. The Morgan fingerprint density at radius 3 is 2.23 bits per heavy atom. The van der Waals surface area contributed by atoms with Crippen LogP contribution < -0.4 is 20.5 Å². The number of amides is 1. The van der Waals surface area contributed by atoms with Crippen LogP contribution in [0.25, 0.3) is 0 Å². The van der Waals surface area contributed by atoms with Gasteiger partial charge in [-0.15, -0.1) is 0 Å². The Hall–Kier alpha value is -1.75. The summed E-state index contributed by atoms with van der Waals surface area (Å²) in [6.07, 6.45) is 1.03. The van der Waals surface area contributed by atoms with Crippen LogP contribution in [0.2, 0.25) is 0 Å². The molecule has 0 aliphatic carbocycles. The van der Waals surface area contributed by atoms with Crippen LogP contribution >= 0.6 is 0 Å². The normalized spacial score (nSPS) is 13.6. The van der Waals surface area contributed by atoms with Crippen molar-refractivity contribution >= 4 is 5.91 Å². The molecule has 3 N–H and O–H groups in total. The molecule has 124 valence electrons. The van der Waals surface area contributed by atoms with Crippen molar-refractivity contribution in [1.29, 1.82) is 0 Å². The Labute approximate surface area is 133 Å². The molecule has 1 amide bonds. The summed E-state index contributed by atoms with van der Waals surface area (Å²) >= 11 is 0. The van der Waals surface area contributed by atoms with Crippen molar-refractivity contribution in [1.82, 2.24) is 5.32 Å². The molecule has 1 atom stereocenters. The summed E-state index contributed by atoms with van der Waals surface area (Å²) in [6, 6.07) is 5.48. The van der Waals surface area contributed by atoms with Crippen LogP contribution in [-0.2, 0) is 11.2 Å². The van der Waals surface area contributed by atoms with Gasteiger partial charge in [-0.05, 0) is 31.4 Å². The van der Waals surface area contributed by atoms with E-state index in [1.54, 1.807) is 14.2 Å². The van der Waals surface area contributed by atoms with Crippen molar-refractivity contribution in [2.24, 2.45) is 11.7 Å². The summed E-state index contributed by atoms with van der Waals surface area (Å²) in [5.41, 5.74) is 6.19. The molecular formula is C17H28N2O3. The summed E-state index contributed by atoms with van der Waals surface area (Å²) in [6.45, 7) is 6.61. The van der Waals surface area contributed by atoms with Gasteiger partial charge in [0.2, 0.25) is 5.91 Å². The number of carbonyl (C=O) groups excluding carboxylic acids is 1. The summed E-state index contributed by atoms with van der Waals surface area (Å²) in [5, 5.41) is 3.05. The monoisotopic (exact) mass is 308 g/mol. The maximum Gasteiger partial charge on any atom is 0.225 e. The second-order valence-electron chi connectivity index (χ2n) is 6.23. The van der Waals surface area contributed by atoms with Crippen LogP contribution in [0.15, 0.2) is 18.2 Å². The van der Waals surface area contributed by atoms with E-state index in [0.29, 0.717) is 24.0 Å². The highest BCUT2D eigenvalue weighted by atomic mass is 16.5. The lowest BCUT2D eigenvalue weighted by Crippen LogP contribution is -2.52. The smallest absolute Gasteiger partial charge is 0.225 e. The topological polar surface area (TPSA) is 73.6 Å². The van der Waals surface area contributed by atoms with E-state index in [9.17, 15) is 4.79 Å². The highest BCUT2D eigenvalue weighted by Gasteiger charge is 2.26. The standard InChI is InChI=1S/C17H28N2O3/c1-12(2)10-17(3,11-18)19-16(20)9-13-14(21-4)7-6-8-15(13)22-5/h6-8,12H,9-11,18H2,1-5H3,(H,19,20). The predicted octanol–water partition coefficient (Wildman–Crippen LogP) is 2.13. The number of nitrogens with two attached hydrogens (primary N) is 1. The van der Waals surface area contributed by atoms with Gasteiger partial charge in [0.15, 0.2) is 0 Å². The SMILES string of the molecule is COc1cccc(OC)c1CC(=O)NC(C)(CN)CC(C)C. The molecule has 0 radical (unpaired) electrons. The number of rotatable bonds is 8. The Morgan fingerprint density at radius 2 is 1.82 bits per heavy atom. The first-order valence-electron chi connectivity index (χ1n) is 7.56. The van der Waals surface area contributed by atoms with Crippen molar-refractivity contribution in [3.05, 3.63) is 23.8 Å². The Balaban J connectivity index is 2.89. The van der Waals surface area contributed by atoms with Crippen LogP contribution in [0, 0.1) is 5.92 Å². The van der Waals surface area contributed by atoms with Crippen molar-refractivity contribution in [3.8, 4) is 11.5 Å². The molecule has 1 aromatic carbocycles. The second-order valence-corrected chi connectivity index (χ2v) is 6.23. The van der Waals surface area contributed by atoms with E-state index in [4.69, 9.17) is 15.2 Å². The minimum atomic E-state index is -0.402. The van der Waals surface area contributed by atoms with Gasteiger partial charge < -0.3 is 20.5 Å². The Morgan fingerprint density at radius 1 is 1.27 bits per heavy atom. The van der Waals surface area contributed by atoms with E-state index >= 15 is 0 Å².